The SMILES string of the molecule is NC1CCC(F)(CNC2CCS(=O)(=O)C2)CC1. The predicted octanol–water partition coefficient (Wildman–Crippen LogP) is 0.373. The number of rotatable bonds is 3. The molecular formula is C11H21FN2O2S. The number of nitrogens with one attached hydrogen (secondary N) is 1. The van der Waals surface area contributed by atoms with Gasteiger partial charge in [-0.1, -0.05) is 0 Å². The minimum absolute atomic E-state index is 0.0665. The summed E-state index contributed by atoms with van der Waals surface area (Å²) in [5, 5.41) is 3.07. The first kappa shape index (κ1) is 13.2. The largest absolute Gasteiger partial charge is 0.328 e. The summed E-state index contributed by atoms with van der Waals surface area (Å²) >= 11 is 0. The van der Waals surface area contributed by atoms with E-state index in [1.165, 1.54) is 0 Å². The van der Waals surface area contributed by atoms with Gasteiger partial charge in [0.25, 0.3) is 0 Å². The monoisotopic (exact) mass is 264 g/mol. The minimum Gasteiger partial charge on any atom is -0.328 e. The first-order chi connectivity index (χ1) is 7.89. The van der Waals surface area contributed by atoms with Gasteiger partial charge >= 0.3 is 0 Å². The molecule has 0 radical (unpaired) electrons. The molecule has 0 aromatic rings. The Bertz CT molecular complexity index is 364. The molecule has 1 saturated carbocycles. The second-order valence-corrected chi connectivity index (χ2v) is 7.70. The molecule has 2 aliphatic rings. The lowest BCUT2D eigenvalue weighted by atomic mass is 9.84. The molecule has 2 rings (SSSR count). The van der Waals surface area contributed by atoms with E-state index in [0.29, 0.717) is 19.3 Å². The van der Waals surface area contributed by atoms with E-state index in [4.69, 9.17) is 5.73 Å². The minimum atomic E-state index is -2.88. The van der Waals surface area contributed by atoms with Crippen LogP contribution in [0.25, 0.3) is 0 Å². The molecule has 1 atom stereocenters. The first-order valence-corrected chi connectivity index (χ1v) is 8.09. The van der Waals surface area contributed by atoms with E-state index < -0.39 is 15.5 Å². The van der Waals surface area contributed by atoms with E-state index in [-0.39, 0.29) is 30.1 Å². The van der Waals surface area contributed by atoms with Crippen molar-refractivity contribution in [3.05, 3.63) is 0 Å². The van der Waals surface area contributed by atoms with Gasteiger partial charge in [-0.05, 0) is 32.1 Å². The van der Waals surface area contributed by atoms with Crippen molar-refractivity contribution >= 4 is 9.84 Å². The van der Waals surface area contributed by atoms with E-state index in [0.717, 1.165) is 12.8 Å². The molecule has 1 unspecified atom stereocenters. The highest BCUT2D eigenvalue weighted by atomic mass is 32.2. The Labute approximate surface area is 102 Å². The third-order valence-electron chi connectivity index (χ3n) is 3.87. The van der Waals surface area contributed by atoms with Crippen LogP contribution in [0.4, 0.5) is 4.39 Å². The van der Waals surface area contributed by atoms with Gasteiger partial charge in [0, 0.05) is 18.6 Å². The molecular weight excluding hydrogens is 243 g/mol. The highest BCUT2D eigenvalue weighted by molar-refractivity contribution is 7.91. The van der Waals surface area contributed by atoms with Crippen LogP contribution in [-0.4, -0.2) is 44.2 Å². The zero-order valence-electron chi connectivity index (χ0n) is 9.99. The summed E-state index contributed by atoms with van der Waals surface area (Å²) in [4.78, 5) is 0. The Balaban J connectivity index is 1.78. The van der Waals surface area contributed by atoms with E-state index in [2.05, 4.69) is 5.32 Å². The summed E-state index contributed by atoms with van der Waals surface area (Å²) in [5.41, 5.74) is 4.55. The summed E-state index contributed by atoms with van der Waals surface area (Å²) in [7, 11) is -2.88. The molecule has 0 spiro atoms. The summed E-state index contributed by atoms with van der Waals surface area (Å²) in [5.74, 6) is 0.386. The smallest absolute Gasteiger partial charge is 0.151 e. The molecule has 0 aromatic carbocycles. The number of sulfone groups is 1. The summed E-state index contributed by atoms with van der Waals surface area (Å²) in [6.45, 7) is 0.264. The fourth-order valence-corrected chi connectivity index (χ4v) is 4.33. The fourth-order valence-electron chi connectivity index (χ4n) is 2.62. The number of hydrogen-bond donors (Lipinski definition) is 2. The van der Waals surface area contributed by atoms with E-state index >= 15 is 0 Å². The lowest BCUT2D eigenvalue weighted by Crippen LogP contribution is -2.46. The third kappa shape index (κ3) is 3.63. The number of halogens is 1. The van der Waals surface area contributed by atoms with Gasteiger partial charge in [0.1, 0.15) is 5.67 Å². The molecule has 2 fully saturated rings. The van der Waals surface area contributed by atoms with Crippen molar-refractivity contribution in [1.29, 1.82) is 0 Å². The van der Waals surface area contributed by atoms with Crippen molar-refractivity contribution in [2.24, 2.45) is 5.73 Å². The molecule has 4 nitrogen and oxygen atoms in total. The summed E-state index contributed by atoms with van der Waals surface area (Å²) in [6, 6.07) is 0.0639. The van der Waals surface area contributed by atoms with Gasteiger partial charge in [-0.25, -0.2) is 12.8 Å². The number of alkyl halides is 1. The molecule has 3 N–H and O–H groups in total. The quantitative estimate of drug-likeness (QED) is 0.772. The lowest BCUT2D eigenvalue weighted by molar-refractivity contribution is 0.0951. The van der Waals surface area contributed by atoms with Crippen molar-refractivity contribution in [2.75, 3.05) is 18.1 Å². The van der Waals surface area contributed by atoms with Gasteiger partial charge in [0.2, 0.25) is 0 Å². The zero-order valence-corrected chi connectivity index (χ0v) is 10.8. The van der Waals surface area contributed by atoms with Gasteiger partial charge in [-0.3, -0.25) is 0 Å². The highest BCUT2D eigenvalue weighted by Gasteiger charge is 2.36. The van der Waals surface area contributed by atoms with Crippen molar-refractivity contribution in [3.8, 4) is 0 Å². The Hall–Kier alpha value is -0.200. The Morgan fingerprint density at radius 3 is 2.47 bits per heavy atom. The molecule has 0 amide bonds. The first-order valence-electron chi connectivity index (χ1n) is 6.27. The van der Waals surface area contributed by atoms with Crippen LogP contribution in [0, 0.1) is 0 Å². The maximum atomic E-state index is 14.3. The van der Waals surface area contributed by atoms with Crippen LogP contribution >= 0.6 is 0 Å². The van der Waals surface area contributed by atoms with Crippen molar-refractivity contribution in [1.82, 2.24) is 5.32 Å². The standard InChI is InChI=1S/C11H21FN2O2S/c12-11(4-1-9(13)2-5-11)8-14-10-3-6-17(15,16)7-10/h9-10,14H,1-8,13H2. The van der Waals surface area contributed by atoms with Gasteiger partial charge in [-0.15, -0.1) is 0 Å². The van der Waals surface area contributed by atoms with Gasteiger partial charge in [-0.2, -0.15) is 0 Å². The number of hydrogen-bond acceptors (Lipinski definition) is 4. The lowest BCUT2D eigenvalue weighted by Gasteiger charge is -2.33. The second-order valence-electron chi connectivity index (χ2n) is 5.47. The molecule has 6 heteroatoms. The molecule has 100 valence electrons. The predicted molar refractivity (Wildman–Crippen MR) is 65.3 cm³/mol. The van der Waals surface area contributed by atoms with Crippen LogP contribution in [0.5, 0.6) is 0 Å². The van der Waals surface area contributed by atoms with Gasteiger partial charge in [0.15, 0.2) is 9.84 Å². The van der Waals surface area contributed by atoms with E-state index in [9.17, 15) is 12.8 Å². The fraction of sp³-hybridized carbons (Fsp3) is 1.00. The number of nitrogens with two attached hydrogens (primary N) is 1. The maximum absolute atomic E-state index is 14.3. The molecule has 1 aliphatic heterocycles. The van der Waals surface area contributed by atoms with Crippen molar-refractivity contribution < 1.29 is 12.8 Å². The topological polar surface area (TPSA) is 72.2 Å². The van der Waals surface area contributed by atoms with Gasteiger partial charge in [0.05, 0.1) is 11.5 Å². The van der Waals surface area contributed by atoms with Crippen LogP contribution in [0.1, 0.15) is 32.1 Å². The van der Waals surface area contributed by atoms with Crippen molar-refractivity contribution in [3.63, 3.8) is 0 Å². The van der Waals surface area contributed by atoms with Crippen LogP contribution in [0.3, 0.4) is 0 Å². The summed E-state index contributed by atoms with van der Waals surface area (Å²) in [6.07, 6.45) is 3.03. The van der Waals surface area contributed by atoms with Crippen LogP contribution in [0.2, 0.25) is 0 Å². The van der Waals surface area contributed by atoms with Gasteiger partial charge < -0.3 is 11.1 Å². The molecule has 1 saturated heterocycles. The molecule has 1 heterocycles. The maximum Gasteiger partial charge on any atom is 0.151 e. The van der Waals surface area contributed by atoms with Crippen LogP contribution in [0.15, 0.2) is 0 Å². The van der Waals surface area contributed by atoms with E-state index in [1.54, 1.807) is 0 Å². The van der Waals surface area contributed by atoms with Crippen LogP contribution in [-0.2, 0) is 9.84 Å². The molecule has 0 bridgehead atoms. The Kier molecular flexibility index (Phi) is 3.75. The second kappa shape index (κ2) is 4.82. The normalized spacial score (nSPS) is 41.5. The van der Waals surface area contributed by atoms with Crippen molar-refractivity contribution in [2.45, 2.75) is 49.9 Å². The molecule has 17 heavy (non-hydrogen) atoms. The third-order valence-corrected chi connectivity index (χ3v) is 5.63. The zero-order chi connectivity index (χ0) is 12.5. The average molecular weight is 264 g/mol. The summed E-state index contributed by atoms with van der Waals surface area (Å²) < 4.78 is 36.9. The molecule has 0 aromatic heterocycles. The highest BCUT2D eigenvalue weighted by Crippen LogP contribution is 2.31. The molecule has 1 aliphatic carbocycles. The Morgan fingerprint density at radius 2 is 1.94 bits per heavy atom. The van der Waals surface area contributed by atoms with Crippen LogP contribution < -0.4 is 11.1 Å². The average Bonchev–Trinajstić information content (AvgIpc) is 2.61. The Morgan fingerprint density at radius 1 is 1.29 bits per heavy atom. The van der Waals surface area contributed by atoms with E-state index in [1.807, 2.05) is 0 Å².